The summed E-state index contributed by atoms with van der Waals surface area (Å²) in [5.41, 5.74) is 2.33. The van der Waals surface area contributed by atoms with Crippen LogP contribution in [0.5, 0.6) is 5.75 Å². The van der Waals surface area contributed by atoms with Crippen molar-refractivity contribution in [1.29, 1.82) is 0 Å². The van der Waals surface area contributed by atoms with Crippen LogP contribution in [0.4, 0.5) is 0 Å². The van der Waals surface area contributed by atoms with Crippen LogP contribution < -0.4 is 15.4 Å². The molecule has 1 aromatic heterocycles. The van der Waals surface area contributed by atoms with Crippen LogP contribution in [0.1, 0.15) is 56.0 Å². The molecule has 0 saturated carbocycles. The number of nitrogens with one attached hydrogen (secondary N) is 2. The Morgan fingerprint density at radius 2 is 2.03 bits per heavy atom. The van der Waals surface area contributed by atoms with Gasteiger partial charge in [0.2, 0.25) is 5.89 Å². The van der Waals surface area contributed by atoms with Gasteiger partial charge in [0.1, 0.15) is 5.75 Å². The third-order valence-corrected chi connectivity index (χ3v) is 4.51. The lowest BCUT2D eigenvalue weighted by molar-refractivity contribution is 0.294. The number of hydrogen-bond donors (Lipinski definition) is 2. The van der Waals surface area contributed by atoms with Gasteiger partial charge in [0.25, 0.3) is 0 Å². The quantitative estimate of drug-likeness (QED) is 0.338. The first-order valence-corrected chi connectivity index (χ1v) is 10.4. The maximum absolute atomic E-state index is 6.06. The minimum Gasteiger partial charge on any atom is -0.493 e. The number of guanidine groups is 1. The maximum atomic E-state index is 6.06. The fraction of sp³-hybridized carbons (Fsp3) is 0.591. The van der Waals surface area contributed by atoms with Crippen LogP contribution in [0.25, 0.3) is 0 Å². The van der Waals surface area contributed by atoms with Gasteiger partial charge in [-0.3, -0.25) is 4.99 Å². The molecule has 0 amide bonds. The van der Waals surface area contributed by atoms with Crippen molar-refractivity contribution >= 4 is 5.96 Å². The predicted molar refractivity (Wildman–Crippen MR) is 116 cm³/mol. The van der Waals surface area contributed by atoms with Crippen molar-refractivity contribution in [2.24, 2.45) is 10.9 Å². The zero-order valence-electron chi connectivity index (χ0n) is 18.4. The predicted octanol–water partition coefficient (Wildman–Crippen LogP) is 3.80. The molecule has 29 heavy (non-hydrogen) atoms. The van der Waals surface area contributed by atoms with E-state index < -0.39 is 0 Å². The van der Waals surface area contributed by atoms with Crippen LogP contribution in [0.2, 0.25) is 0 Å². The zero-order chi connectivity index (χ0) is 21.1. The normalized spacial score (nSPS) is 11.7. The molecule has 1 heterocycles. The van der Waals surface area contributed by atoms with Crippen molar-refractivity contribution in [3.8, 4) is 5.75 Å². The average molecular weight is 402 g/mol. The molecule has 160 valence electrons. The molecule has 2 aromatic rings. The Bertz CT molecular complexity index is 770. The summed E-state index contributed by atoms with van der Waals surface area (Å²) in [4.78, 5) is 8.51. The Morgan fingerprint density at radius 3 is 2.72 bits per heavy atom. The van der Waals surface area contributed by atoms with E-state index in [1.54, 1.807) is 7.05 Å². The molecule has 2 N–H and O–H groups in total. The summed E-state index contributed by atoms with van der Waals surface area (Å²) in [6.07, 6.45) is 3.88. The molecule has 7 nitrogen and oxygen atoms in total. The highest BCUT2D eigenvalue weighted by Crippen LogP contribution is 2.21. The van der Waals surface area contributed by atoms with Gasteiger partial charge in [-0.25, -0.2) is 0 Å². The van der Waals surface area contributed by atoms with E-state index in [0.717, 1.165) is 49.7 Å². The lowest BCUT2D eigenvalue weighted by atomic mass is 10.1. The van der Waals surface area contributed by atoms with Crippen LogP contribution >= 0.6 is 0 Å². The summed E-state index contributed by atoms with van der Waals surface area (Å²) >= 11 is 0. The van der Waals surface area contributed by atoms with Crippen molar-refractivity contribution in [2.75, 3.05) is 20.2 Å². The summed E-state index contributed by atoms with van der Waals surface area (Å²) in [6.45, 7) is 10.6. The fourth-order valence-electron chi connectivity index (χ4n) is 2.90. The zero-order valence-corrected chi connectivity index (χ0v) is 18.4. The van der Waals surface area contributed by atoms with E-state index in [9.17, 15) is 0 Å². The molecule has 0 radical (unpaired) electrons. The molecular weight excluding hydrogens is 366 g/mol. The molecule has 2 rings (SSSR count). The van der Waals surface area contributed by atoms with Gasteiger partial charge in [-0.1, -0.05) is 31.1 Å². The van der Waals surface area contributed by atoms with E-state index in [1.807, 2.05) is 6.92 Å². The Balaban J connectivity index is 1.78. The van der Waals surface area contributed by atoms with E-state index in [1.165, 1.54) is 12.0 Å². The maximum Gasteiger partial charge on any atom is 0.226 e. The Hall–Kier alpha value is -2.57. The number of hydrogen-bond acceptors (Lipinski definition) is 5. The van der Waals surface area contributed by atoms with Crippen LogP contribution in [-0.2, 0) is 13.0 Å². The summed E-state index contributed by atoms with van der Waals surface area (Å²) in [5.74, 6) is 3.76. The van der Waals surface area contributed by atoms with Crippen LogP contribution in [-0.4, -0.2) is 36.3 Å². The first-order valence-electron chi connectivity index (χ1n) is 10.4. The Morgan fingerprint density at radius 1 is 1.21 bits per heavy atom. The smallest absolute Gasteiger partial charge is 0.226 e. The molecular formula is C22H35N5O2. The van der Waals surface area contributed by atoms with Crippen LogP contribution in [0, 0.1) is 19.8 Å². The second-order valence-corrected chi connectivity index (χ2v) is 7.69. The summed E-state index contributed by atoms with van der Waals surface area (Å²) in [5, 5.41) is 10.5. The van der Waals surface area contributed by atoms with E-state index in [4.69, 9.17) is 9.26 Å². The number of benzene rings is 1. The molecule has 0 aliphatic carbocycles. The van der Waals surface area contributed by atoms with E-state index >= 15 is 0 Å². The Kier molecular flexibility index (Phi) is 9.47. The molecule has 0 unspecified atom stereocenters. The molecule has 0 saturated heterocycles. The second kappa shape index (κ2) is 12.1. The molecule has 0 aliphatic heterocycles. The minimum atomic E-state index is 0.655. The highest BCUT2D eigenvalue weighted by atomic mass is 16.5. The molecule has 0 fully saturated rings. The van der Waals surface area contributed by atoms with Crippen molar-refractivity contribution in [3.63, 3.8) is 0 Å². The standard InChI is InChI=1S/C22H35N5O2/c1-16(2)8-7-13-28-20-14-17(3)10-11-19(20)15-25-22(23-5)24-12-6-9-21-26-18(4)27-29-21/h10-11,14,16H,6-9,12-13,15H2,1-5H3,(H2,23,24,25). The van der Waals surface area contributed by atoms with Gasteiger partial charge in [0.15, 0.2) is 11.8 Å². The van der Waals surface area contributed by atoms with Gasteiger partial charge in [-0.05, 0) is 50.7 Å². The lowest BCUT2D eigenvalue weighted by Gasteiger charge is -2.16. The first-order chi connectivity index (χ1) is 14.0. The van der Waals surface area contributed by atoms with Crippen LogP contribution in [0.15, 0.2) is 27.7 Å². The van der Waals surface area contributed by atoms with Gasteiger partial charge in [0, 0.05) is 32.1 Å². The number of ether oxygens (including phenoxy) is 1. The number of aliphatic imine (C=N–C) groups is 1. The number of aryl methyl sites for hydroxylation is 3. The fourth-order valence-corrected chi connectivity index (χ4v) is 2.90. The van der Waals surface area contributed by atoms with Crippen molar-refractivity contribution < 1.29 is 9.26 Å². The topological polar surface area (TPSA) is 84.6 Å². The highest BCUT2D eigenvalue weighted by molar-refractivity contribution is 5.79. The molecule has 0 aliphatic rings. The van der Waals surface area contributed by atoms with Gasteiger partial charge < -0.3 is 19.9 Å². The third-order valence-electron chi connectivity index (χ3n) is 4.51. The molecule has 0 atom stereocenters. The SMILES string of the molecule is CN=C(NCCCc1nc(C)no1)NCc1ccc(C)cc1OCCCC(C)C. The van der Waals surface area contributed by atoms with Crippen molar-refractivity contribution in [2.45, 2.75) is 59.9 Å². The third kappa shape index (κ3) is 8.54. The average Bonchev–Trinajstić information content (AvgIpc) is 3.10. The summed E-state index contributed by atoms with van der Waals surface area (Å²) < 4.78 is 11.2. The van der Waals surface area contributed by atoms with E-state index in [-0.39, 0.29) is 0 Å². The van der Waals surface area contributed by atoms with E-state index in [0.29, 0.717) is 24.2 Å². The van der Waals surface area contributed by atoms with Gasteiger partial charge >= 0.3 is 0 Å². The monoisotopic (exact) mass is 401 g/mol. The second-order valence-electron chi connectivity index (χ2n) is 7.69. The number of aromatic nitrogens is 2. The number of rotatable bonds is 11. The lowest BCUT2D eigenvalue weighted by Crippen LogP contribution is -2.37. The van der Waals surface area contributed by atoms with E-state index in [2.05, 4.69) is 64.7 Å². The molecule has 1 aromatic carbocycles. The number of nitrogens with zero attached hydrogens (tertiary/aromatic N) is 3. The Labute approximate surface area is 174 Å². The van der Waals surface area contributed by atoms with Crippen molar-refractivity contribution in [3.05, 3.63) is 41.0 Å². The minimum absolute atomic E-state index is 0.655. The largest absolute Gasteiger partial charge is 0.493 e. The molecule has 0 bridgehead atoms. The van der Waals surface area contributed by atoms with Crippen molar-refractivity contribution in [1.82, 2.24) is 20.8 Å². The summed E-state index contributed by atoms with van der Waals surface area (Å²) in [7, 11) is 1.77. The molecule has 7 heteroatoms. The molecule has 0 spiro atoms. The highest BCUT2D eigenvalue weighted by Gasteiger charge is 2.07. The van der Waals surface area contributed by atoms with Crippen LogP contribution in [0.3, 0.4) is 0 Å². The van der Waals surface area contributed by atoms with Gasteiger partial charge in [-0.2, -0.15) is 4.98 Å². The van der Waals surface area contributed by atoms with Gasteiger partial charge in [-0.15, -0.1) is 0 Å². The summed E-state index contributed by atoms with van der Waals surface area (Å²) in [6, 6.07) is 6.33. The van der Waals surface area contributed by atoms with Gasteiger partial charge in [0.05, 0.1) is 6.61 Å². The first kappa shape index (κ1) is 22.7.